The lowest BCUT2D eigenvalue weighted by Crippen LogP contribution is -2.06. The van der Waals surface area contributed by atoms with Crippen LogP contribution in [0.25, 0.3) is 0 Å². The van der Waals surface area contributed by atoms with E-state index in [1.807, 2.05) is 6.21 Å². The fraction of sp³-hybridized carbons (Fsp3) is 0.421. The second kappa shape index (κ2) is 14.4. The zero-order chi connectivity index (χ0) is 30.3. The maximum atomic E-state index is 5.36. The number of benzene rings is 3. The highest BCUT2D eigenvalue weighted by Gasteiger charge is 2.16. The summed E-state index contributed by atoms with van der Waals surface area (Å²) in [6, 6.07) is 21.7. The van der Waals surface area contributed by atoms with Crippen molar-refractivity contribution in [3.63, 3.8) is 0 Å². The Balaban J connectivity index is 2.23. The summed E-state index contributed by atoms with van der Waals surface area (Å²) in [4.78, 5) is 10.5. The van der Waals surface area contributed by atoms with Gasteiger partial charge < -0.3 is 5.32 Å². The average Bonchev–Trinajstić information content (AvgIpc) is 2.91. The third-order valence-electron chi connectivity index (χ3n) is 7.53. The van der Waals surface area contributed by atoms with E-state index < -0.39 is 0 Å². The Kier molecular flexibility index (Phi) is 11.3. The van der Waals surface area contributed by atoms with Crippen LogP contribution in [0.4, 0.5) is 17.1 Å². The SMILES string of the molecule is CC(=CC(C=Nc1c(C(C)C)cccc1C(C)C)=Nc1c(C(C)C)cccc1C(C)C)Nc1ccccc1C(C)C. The van der Waals surface area contributed by atoms with E-state index in [4.69, 9.17) is 9.98 Å². The van der Waals surface area contributed by atoms with Crippen molar-refractivity contribution in [2.75, 3.05) is 5.32 Å². The molecule has 0 aromatic heterocycles. The van der Waals surface area contributed by atoms with Gasteiger partial charge in [0.25, 0.3) is 0 Å². The number of nitrogens with one attached hydrogen (secondary N) is 1. The van der Waals surface area contributed by atoms with Gasteiger partial charge in [-0.05, 0) is 76.5 Å². The molecule has 0 fully saturated rings. The van der Waals surface area contributed by atoms with Gasteiger partial charge in [-0.2, -0.15) is 0 Å². The Morgan fingerprint density at radius 2 is 0.976 bits per heavy atom. The third-order valence-corrected chi connectivity index (χ3v) is 7.53. The summed E-state index contributed by atoms with van der Waals surface area (Å²) in [5.74, 6) is 1.90. The molecule has 0 amide bonds. The van der Waals surface area contributed by atoms with Crippen molar-refractivity contribution in [3.05, 3.63) is 100 Å². The first-order chi connectivity index (χ1) is 19.4. The molecule has 3 rings (SSSR count). The third kappa shape index (κ3) is 8.28. The minimum Gasteiger partial charge on any atom is -0.359 e. The zero-order valence-corrected chi connectivity index (χ0v) is 27.2. The van der Waals surface area contributed by atoms with Gasteiger partial charge in [0.15, 0.2) is 0 Å². The molecule has 3 nitrogen and oxygen atoms in total. The summed E-state index contributed by atoms with van der Waals surface area (Å²) >= 11 is 0. The lowest BCUT2D eigenvalue weighted by molar-refractivity contribution is 0.834. The van der Waals surface area contributed by atoms with Gasteiger partial charge in [0, 0.05) is 11.4 Å². The van der Waals surface area contributed by atoms with Gasteiger partial charge in [0.05, 0.1) is 23.3 Å². The van der Waals surface area contributed by atoms with Crippen LogP contribution in [0.1, 0.15) is 134 Å². The highest BCUT2D eigenvalue weighted by molar-refractivity contribution is 6.37. The van der Waals surface area contributed by atoms with Gasteiger partial charge in [-0.1, -0.05) is 124 Å². The van der Waals surface area contributed by atoms with E-state index in [1.165, 1.54) is 27.8 Å². The minimum absolute atomic E-state index is 0.362. The molecule has 41 heavy (non-hydrogen) atoms. The Morgan fingerprint density at radius 1 is 0.561 bits per heavy atom. The largest absolute Gasteiger partial charge is 0.359 e. The van der Waals surface area contributed by atoms with Gasteiger partial charge in [-0.3, -0.25) is 4.99 Å². The maximum Gasteiger partial charge on any atom is 0.0837 e. The van der Waals surface area contributed by atoms with Gasteiger partial charge in [0.1, 0.15) is 0 Å². The lowest BCUT2D eigenvalue weighted by atomic mass is 9.92. The number of hydrogen-bond acceptors (Lipinski definition) is 3. The monoisotopic (exact) mass is 549 g/mol. The molecule has 0 radical (unpaired) electrons. The number of para-hydroxylation sites is 3. The van der Waals surface area contributed by atoms with Crippen LogP contribution >= 0.6 is 0 Å². The molecule has 0 atom stereocenters. The van der Waals surface area contributed by atoms with Crippen molar-refractivity contribution in [2.45, 2.75) is 106 Å². The van der Waals surface area contributed by atoms with E-state index in [0.29, 0.717) is 29.6 Å². The van der Waals surface area contributed by atoms with Crippen LogP contribution in [0.2, 0.25) is 0 Å². The van der Waals surface area contributed by atoms with Crippen molar-refractivity contribution in [1.29, 1.82) is 0 Å². The Labute approximate surface area is 249 Å². The molecule has 0 spiro atoms. The van der Waals surface area contributed by atoms with Crippen LogP contribution in [0.5, 0.6) is 0 Å². The average molecular weight is 550 g/mol. The Hall–Kier alpha value is -3.46. The van der Waals surface area contributed by atoms with Crippen LogP contribution in [0.3, 0.4) is 0 Å². The molecule has 0 aliphatic rings. The lowest BCUT2D eigenvalue weighted by Gasteiger charge is -2.18. The van der Waals surface area contributed by atoms with Crippen LogP contribution in [-0.2, 0) is 0 Å². The normalized spacial score (nSPS) is 13.1. The molecule has 0 unspecified atom stereocenters. The first-order valence-electron chi connectivity index (χ1n) is 15.3. The minimum atomic E-state index is 0.362. The molecule has 0 saturated carbocycles. The second-order valence-electron chi connectivity index (χ2n) is 12.7. The molecule has 218 valence electrons. The van der Waals surface area contributed by atoms with Gasteiger partial charge in [-0.15, -0.1) is 0 Å². The number of nitrogens with zero attached hydrogens (tertiary/aromatic N) is 2. The number of rotatable bonds is 11. The van der Waals surface area contributed by atoms with Crippen molar-refractivity contribution in [3.8, 4) is 0 Å². The predicted octanol–water partition coefficient (Wildman–Crippen LogP) is 11.8. The quantitative estimate of drug-likeness (QED) is 0.237. The summed E-state index contributed by atoms with van der Waals surface area (Å²) in [7, 11) is 0. The van der Waals surface area contributed by atoms with Crippen molar-refractivity contribution < 1.29 is 0 Å². The van der Waals surface area contributed by atoms with Crippen molar-refractivity contribution in [1.82, 2.24) is 0 Å². The molecule has 1 N–H and O–H groups in total. The molecule has 3 aromatic rings. The van der Waals surface area contributed by atoms with Crippen molar-refractivity contribution >= 4 is 29.0 Å². The Morgan fingerprint density at radius 3 is 1.44 bits per heavy atom. The van der Waals surface area contributed by atoms with Crippen LogP contribution in [-0.4, -0.2) is 11.9 Å². The van der Waals surface area contributed by atoms with E-state index in [9.17, 15) is 0 Å². The highest BCUT2D eigenvalue weighted by atomic mass is 14.9. The topological polar surface area (TPSA) is 36.8 Å². The molecule has 3 aromatic carbocycles. The van der Waals surface area contributed by atoms with E-state index >= 15 is 0 Å². The summed E-state index contributed by atoms with van der Waals surface area (Å²) in [5.41, 5.74) is 11.5. The summed E-state index contributed by atoms with van der Waals surface area (Å²) in [5, 5.41) is 3.66. The Bertz CT molecular complexity index is 1350. The summed E-state index contributed by atoms with van der Waals surface area (Å²) < 4.78 is 0. The zero-order valence-electron chi connectivity index (χ0n) is 27.2. The molecular weight excluding hydrogens is 498 g/mol. The number of hydrogen-bond donors (Lipinski definition) is 1. The molecule has 3 heteroatoms. The number of aliphatic imine (C=N–C) groups is 2. The molecular formula is C38H51N3. The van der Waals surface area contributed by atoms with E-state index in [2.05, 4.69) is 148 Å². The van der Waals surface area contributed by atoms with Crippen LogP contribution < -0.4 is 5.32 Å². The van der Waals surface area contributed by atoms with E-state index in [0.717, 1.165) is 28.5 Å². The fourth-order valence-corrected chi connectivity index (χ4v) is 5.24. The second-order valence-corrected chi connectivity index (χ2v) is 12.7. The number of allylic oxidation sites excluding steroid dienone is 2. The first kappa shape index (κ1) is 32.1. The van der Waals surface area contributed by atoms with Crippen LogP contribution in [0.15, 0.2) is 82.4 Å². The fourth-order valence-electron chi connectivity index (χ4n) is 5.24. The standard InChI is InChI=1S/C38H51N3/c1-24(2)31-16-12-13-21-36(31)40-29(11)22-30(41-38-34(27(7)8)19-15-20-35(38)28(9)10)23-39-37-32(25(3)4)17-14-18-33(37)26(5)6/h12-28,40H,1-11H3. The van der Waals surface area contributed by atoms with Gasteiger partial charge in [0.2, 0.25) is 0 Å². The highest BCUT2D eigenvalue weighted by Crippen LogP contribution is 2.36. The number of anilines is 1. The molecule has 0 aliphatic carbocycles. The van der Waals surface area contributed by atoms with E-state index in [1.54, 1.807) is 0 Å². The van der Waals surface area contributed by atoms with Gasteiger partial charge in [-0.25, -0.2) is 4.99 Å². The van der Waals surface area contributed by atoms with Gasteiger partial charge >= 0.3 is 0 Å². The van der Waals surface area contributed by atoms with Crippen molar-refractivity contribution in [2.24, 2.45) is 9.98 Å². The maximum absolute atomic E-state index is 5.36. The molecule has 0 heterocycles. The summed E-state index contributed by atoms with van der Waals surface area (Å²) in [6.45, 7) is 24.5. The first-order valence-corrected chi connectivity index (χ1v) is 15.3. The predicted molar refractivity (Wildman–Crippen MR) is 182 cm³/mol. The molecule has 0 aliphatic heterocycles. The summed E-state index contributed by atoms with van der Waals surface area (Å²) in [6.07, 6.45) is 4.10. The smallest absolute Gasteiger partial charge is 0.0837 e. The van der Waals surface area contributed by atoms with E-state index in [-0.39, 0.29) is 0 Å². The molecule has 0 bridgehead atoms. The van der Waals surface area contributed by atoms with Crippen LogP contribution in [0, 0.1) is 0 Å². The molecule has 0 saturated heterocycles.